The molecule has 0 aliphatic carbocycles. The molecule has 0 atom stereocenters. The molecule has 0 unspecified atom stereocenters. The maximum absolute atomic E-state index is 15.4. The maximum Gasteiger partial charge on any atom is 0.335 e. The molecule has 3 aromatic carbocycles. The van der Waals surface area contributed by atoms with Crippen molar-refractivity contribution in [2.24, 2.45) is 0 Å². The van der Waals surface area contributed by atoms with Crippen molar-refractivity contribution in [3.63, 3.8) is 0 Å². The Hall–Kier alpha value is -4.77. The third-order valence-electron chi connectivity index (χ3n) is 7.31. The number of hydrogen-bond acceptors (Lipinski definition) is 5. The van der Waals surface area contributed by atoms with Crippen LogP contribution in [0.1, 0.15) is 32.9 Å². The van der Waals surface area contributed by atoms with Gasteiger partial charge in [0.15, 0.2) is 5.67 Å². The molecule has 7 nitrogen and oxygen atoms in total. The summed E-state index contributed by atoms with van der Waals surface area (Å²) in [5, 5.41) is 9.43. The van der Waals surface area contributed by atoms with Crippen LogP contribution in [-0.2, 0) is 24.3 Å². The van der Waals surface area contributed by atoms with E-state index in [9.17, 15) is 14.3 Å². The summed E-state index contributed by atoms with van der Waals surface area (Å²) >= 11 is 0. The molecular weight excluding hydrogens is 566 g/mol. The van der Waals surface area contributed by atoms with E-state index in [0.717, 1.165) is 17.7 Å². The summed E-state index contributed by atoms with van der Waals surface area (Å²) < 4.78 is 72.3. The van der Waals surface area contributed by atoms with Gasteiger partial charge in [0.1, 0.15) is 29.9 Å². The monoisotopic (exact) mass is 591 g/mol. The van der Waals surface area contributed by atoms with Crippen LogP contribution >= 0.6 is 0 Å². The van der Waals surface area contributed by atoms with E-state index < -0.39 is 29.1 Å². The highest BCUT2D eigenvalue weighted by Gasteiger charge is 2.40. The van der Waals surface area contributed by atoms with Crippen LogP contribution in [0, 0.1) is 24.4 Å². The van der Waals surface area contributed by atoms with Crippen LogP contribution in [0.4, 0.5) is 17.6 Å². The van der Waals surface area contributed by atoms with Crippen molar-refractivity contribution < 1.29 is 36.9 Å². The van der Waals surface area contributed by atoms with E-state index in [0.29, 0.717) is 16.6 Å². The molecule has 6 rings (SSSR count). The number of pyridine rings is 1. The summed E-state index contributed by atoms with van der Waals surface area (Å²) in [6.45, 7) is 1.21. The minimum absolute atomic E-state index is 0.0118. The SMILES string of the molecule is Cc1ccc(COc2cccc(-c3cc(F)c(Cc4nc5ccc(C(=O)O)cc5n4CC4(F)COC4)cc3F)n2)c(F)c1. The fraction of sp³-hybridized carbons (Fsp3) is 0.219. The van der Waals surface area contributed by atoms with E-state index in [1.165, 1.54) is 41.0 Å². The number of aromatic carboxylic acids is 1. The molecule has 220 valence electrons. The molecule has 0 radical (unpaired) electrons. The van der Waals surface area contributed by atoms with Crippen molar-refractivity contribution >= 4 is 17.0 Å². The number of hydrogen-bond donors (Lipinski definition) is 1. The number of carboxylic acids is 1. The van der Waals surface area contributed by atoms with Gasteiger partial charge >= 0.3 is 5.97 Å². The first-order valence-corrected chi connectivity index (χ1v) is 13.4. The third-order valence-corrected chi connectivity index (χ3v) is 7.31. The first kappa shape index (κ1) is 28.4. The molecule has 3 heterocycles. The molecule has 1 fully saturated rings. The summed E-state index contributed by atoms with van der Waals surface area (Å²) in [6, 6.07) is 15.6. The molecule has 2 aromatic heterocycles. The molecule has 1 aliphatic rings. The van der Waals surface area contributed by atoms with E-state index in [-0.39, 0.29) is 66.9 Å². The van der Waals surface area contributed by atoms with Gasteiger partial charge in [-0.3, -0.25) is 0 Å². The number of rotatable bonds is 9. The number of carboxylic acid groups (broad SMARTS) is 1. The van der Waals surface area contributed by atoms with Gasteiger partial charge in [-0.1, -0.05) is 18.2 Å². The van der Waals surface area contributed by atoms with Crippen LogP contribution < -0.4 is 4.74 Å². The first-order valence-electron chi connectivity index (χ1n) is 13.4. The van der Waals surface area contributed by atoms with Crippen LogP contribution in [-0.4, -0.2) is 44.5 Å². The Kier molecular flexibility index (Phi) is 7.35. The Morgan fingerprint density at radius 1 is 0.977 bits per heavy atom. The van der Waals surface area contributed by atoms with Gasteiger partial charge in [-0.25, -0.2) is 32.3 Å². The number of carbonyl (C=O) groups is 1. The molecule has 11 heteroatoms. The van der Waals surface area contributed by atoms with E-state index in [2.05, 4.69) is 9.97 Å². The third kappa shape index (κ3) is 5.80. The van der Waals surface area contributed by atoms with Gasteiger partial charge in [-0.15, -0.1) is 0 Å². The normalized spacial score (nSPS) is 14.1. The van der Waals surface area contributed by atoms with Gasteiger partial charge in [0, 0.05) is 23.6 Å². The molecule has 5 aromatic rings. The summed E-state index contributed by atoms with van der Waals surface area (Å²) in [7, 11) is 0. The molecule has 0 bridgehead atoms. The topological polar surface area (TPSA) is 86.5 Å². The number of ether oxygens (including phenoxy) is 2. The Morgan fingerprint density at radius 3 is 2.49 bits per heavy atom. The zero-order valence-corrected chi connectivity index (χ0v) is 22.9. The number of benzene rings is 3. The van der Waals surface area contributed by atoms with Crippen molar-refractivity contribution in [1.29, 1.82) is 0 Å². The van der Waals surface area contributed by atoms with Crippen LogP contribution in [0.15, 0.2) is 66.7 Å². The summed E-state index contributed by atoms with van der Waals surface area (Å²) in [5.74, 6) is -2.72. The second-order valence-electron chi connectivity index (χ2n) is 10.6. The zero-order valence-electron chi connectivity index (χ0n) is 22.9. The van der Waals surface area contributed by atoms with Crippen molar-refractivity contribution in [3.8, 4) is 17.1 Å². The summed E-state index contributed by atoms with van der Waals surface area (Å²) in [4.78, 5) is 20.3. The van der Waals surface area contributed by atoms with Gasteiger partial charge in [-0.2, -0.15) is 0 Å². The lowest BCUT2D eigenvalue weighted by Gasteiger charge is -2.34. The Balaban J connectivity index is 1.28. The van der Waals surface area contributed by atoms with Crippen LogP contribution in [0.5, 0.6) is 5.88 Å². The quantitative estimate of drug-likeness (QED) is 0.199. The minimum Gasteiger partial charge on any atom is -0.478 e. The number of aromatic nitrogens is 3. The van der Waals surface area contributed by atoms with Gasteiger partial charge in [0.05, 0.1) is 42.0 Å². The molecular formula is C32H25F4N3O4. The fourth-order valence-electron chi connectivity index (χ4n) is 4.97. The number of alkyl halides is 1. The van der Waals surface area contributed by atoms with Gasteiger partial charge < -0.3 is 19.1 Å². The molecule has 43 heavy (non-hydrogen) atoms. The van der Waals surface area contributed by atoms with Crippen LogP contribution in [0.25, 0.3) is 22.3 Å². The van der Waals surface area contributed by atoms with E-state index in [1.807, 2.05) is 0 Å². The van der Waals surface area contributed by atoms with Crippen molar-refractivity contribution in [3.05, 3.63) is 112 Å². The molecule has 0 spiro atoms. The van der Waals surface area contributed by atoms with Gasteiger partial charge in [-0.05, 0) is 60.5 Å². The fourth-order valence-corrected chi connectivity index (χ4v) is 4.97. The highest BCUT2D eigenvalue weighted by molar-refractivity contribution is 5.92. The van der Waals surface area contributed by atoms with Crippen molar-refractivity contribution in [1.82, 2.24) is 14.5 Å². The highest BCUT2D eigenvalue weighted by Crippen LogP contribution is 2.31. The molecule has 1 saturated heterocycles. The highest BCUT2D eigenvalue weighted by atomic mass is 19.1. The zero-order chi connectivity index (χ0) is 30.3. The predicted molar refractivity (Wildman–Crippen MR) is 149 cm³/mol. The predicted octanol–water partition coefficient (Wildman–Crippen LogP) is 6.43. The van der Waals surface area contributed by atoms with Crippen LogP contribution in [0.3, 0.4) is 0 Å². The van der Waals surface area contributed by atoms with E-state index >= 15 is 13.2 Å². The molecule has 0 saturated carbocycles. The van der Waals surface area contributed by atoms with Crippen molar-refractivity contribution in [2.45, 2.75) is 32.2 Å². The van der Waals surface area contributed by atoms with Gasteiger partial charge in [0.25, 0.3) is 0 Å². The minimum atomic E-state index is -1.70. The number of aryl methyl sites for hydroxylation is 1. The Bertz CT molecular complexity index is 1870. The smallest absolute Gasteiger partial charge is 0.335 e. The second-order valence-corrected chi connectivity index (χ2v) is 10.6. The standard InChI is InChI=1S/C32H25F4N3O4/c1-18-5-6-20(23(33)9-18)14-43-30-4-2-3-26(38-30)22-13-24(34)21(10-25(22)35)12-29-37-27-8-7-19(31(40)41)11-28(27)39(29)15-32(36)16-42-17-32/h2-11,13H,12,14-17H2,1H3,(H,40,41). The lowest BCUT2D eigenvalue weighted by Crippen LogP contribution is -2.49. The largest absolute Gasteiger partial charge is 0.478 e. The lowest BCUT2D eigenvalue weighted by molar-refractivity contribution is -0.137. The molecule has 1 N–H and O–H groups in total. The number of halogens is 4. The first-order chi connectivity index (χ1) is 20.6. The average molecular weight is 592 g/mol. The number of imidazole rings is 1. The summed E-state index contributed by atoms with van der Waals surface area (Å²) in [5.41, 5.74) is 0.123. The van der Waals surface area contributed by atoms with E-state index in [4.69, 9.17) is 9.47 Å². The molecule has 1 aliphatic heterocycles. The molecule has 0 amide bonds. The van der Waals surface area contributed by atoms with E-state index in [1.54, 1.807) is 25.1 Å². The lowest BCUT2D eigenvalue weighted by atomic mass is 10.0. The second kappa shape index (κ2) is 11.1. The van der Waals surface area contributed by atoms with Gasteiger partial charge in [0.2, 0.25) is 5.88 Å². The van der Waals surface area contributed by atoms with Crippen LogP contribution in [0.2, 0.25) is 0 Å². The number of nitrogens with zero attached hydrogens (tertiary/aromatic N) is 3. The average Bonchev–Trinajstić information content (AvgIpc) is 3.29. The number of fused-ring (bicyclic) bond motifs is 1. The Morgan fingerprint density at radius 2 is 1.77 bits per heavy atom. The summed E-state index contributed by atoms with van der Waals surface area (Å²) in [6.07, 6.45) is -0.185. The Labute approximate surface area is 243 Å². The van der Waals surface area contributed by atoms with Crippen molar-refractivity contribution in [2.75, 3.05) is 13.2 Å². The maximum atomic E-state index is 15.4.